The predicted molar refractivity (Wildman–Crippen MR) is 87.0 cm³/mol. The van der Waals surface area contributed by atoms with Gasteiger partial charge in [-0.3, -0.25) is 0 Å². The maximum atomic E-state index is 12.3. The molecule has 114 valence electrons. The Balaban J connectivity index is 0.00000200. The van der Waals surface area contributed by atoms with Gasteiger partial charge in [0.2, 0.25) is 10.0 Å². The number of hydrogen-bond acceptors (Lipinski definition) is 3. The highest BCUT2D eigenvalue weighted by Crippen LogP contribution is 2.26. The highest BCUT2D eigenvalue weighted by Gasteiger charge is 2.25. The summed E-state index contributed by atoms with van der Waals surface area (Å²) >= 11 is 9.24. The van der Waals surface area contributed by atoms with E-state index in [4.69, 9.17) is 17.3 Å². The maximum Gasteiger partial charge on any atom is 0.242 e. The second-order valence-electron chi connectivity index (χ2n) is 4.81. The van der Waals surface area contributed by atoms with Gasteiger partial charge in [0.25, 0.3) is 0 Å². The molecule has 2 rings (SSSR count). The van der Waals surface area contributed by atoms with E-state index in [-0.39, 0.29) is 34.4 Å². The van der Waals surface area contributed by atoms with Crippen molar-refractivity contribution >= 4 is 50.0 Å². The summed E-state index contributed by atoms with van der Waals surface area (Å²) in [6, 6.07) is 4.88. The lowest BCUT2D eigenvalue weighted by Crippen LogP contribution is -2.40. The summed E-state index contributed by atoms with van der Waals surface area (Å²) in [7, 11) is -3.57. The van der Waals surface area contributed by atoms with E-state index < -0.39 is 10.0 Å². The third kappa shape index (κ3) is 4.58. The van der Waals surface area contributed by atoms with Crippen LogP contribution in [0.25, 0.3) is 0 Å². The average molecular weight is 404 g/mol. The van der Waals surface area contributed by atoms with Gasteiger partial charge >= 0.3 is 0 Å². The molecular weight excluding hydrogens is 387 g/mol. The van der Waals surface area contributed by atoms with Crippen molar-refractivity contribution in [3.05, 3.63) is 27.7 Å². The molecule has 0 bridgehead atoms. The summed E-state index contributed by atoms with van der Waals surface area (Å²) in [6.45, 7) is 0. The van der Waals surface area contributed by atoms with E-state index in [0.29, 0.717) is 0 Å². The van der Waals surface area contributed by atoms with E-state index in [1.807, 2.05) is 0 Å². The highest BCUT2D eigenvalue weighted by atomic mass is 79.9. The molecule has 1 aromatic carbocycles. The zero-order chi connectivity index (χ0) is 14.0. The molecule has 1 aliphatic rings. The Morgan fingerprint density at radius 2 is 1.85 bits per heavy atom. The van der Waals surface area contributed by atoms with Crippen molar-refractivity contribution in [3.8, 4) is 0 Å². The van der Waals surface area contributed by atoms with Gasteiger partial charge in [-0.05, 0) is 43.9 Å². The largest absolute Gasteiger partial charge is 0.328 e. The maximum absolute atomic E-state index is 12.3. The topological polar surface area (TPSA) is 72.2 Å². The van der Waals surface area contributed by atoms with E-state index in [2.05, 4.69) is 20.7 Å². The first-order chi connectivity index (χ1) is 8.88. The van der Waals surface area contributed by atoms with E-state index >= 15 is 0 Å². The molecule has 1 fully saturated rings. The first kappa shape index (κ1) is 18.2. The van der Waals surface area contributed by atoms with E-state index in [0.717, 1.165) is 30.2 Å². The number of benzene rings is 1. The Morgan fingerprint density at radius 1 is 1.25 bits per heavy atom. The minimum Gasteiger partial charge on any atom is -0.328 e. The van der Waals surface area contributed by atoms with Crippen LogP contribution in [-0.4, -0.2) is 20.5 Å². The summed E-state index contributed by atoms with van der Waals surface area (Å²) in [5, 5.41) is 0.217. The molecule has 3 N–H and O–H groups in total. The van der Waals surface area contributed by atoms with Gasteiger partial charge < -0.3 is 5.73 Å². The normalized spacial score (nSPS) is 23.1. The molecule has 0 amide bonds. The van der Waals surface area contributed by atoms with Crippen LogP contribution in [0.2, 0.25) is 5.02 Å². The molecule has 4 nitrogen and oxygen atoms in total. The highest BCUT2D eigenvalue weighted by molar-refractivity contribution is 9.10. The molecule has 0 unspecified atom stereocenters. The number of hydrogen-bond donors (Lipinski definition) is 2. The van der Waals surface area contributed by atoms with Crippen molar-refractivity contribution in [2.45, 2.75) is 42.7 Å². The van der Waals surface area contributed by atoms with Crippen molar-refractivity contribution in [1.82, 2.24) is 4.72 Å². The Morgan fingerprint density at radius 3 is 2.40 bits per heavy atom. The molecule has 20 heavy (non-hydrogen) atoms. The summed E-state index contributed by atoms with van der Waals surface area (Å²) < 4.78 is 28.0. The van der Waals surface area contributed by atoms with Crippen molar-refractivity contribution in [3.63, 3.8) is 0 Å². The van der Waals surface area contributed by atoms with E-state index in [1.165, 1.54) is 6.07 Å². The molecule has 0 aromatic heterocycles. The van der Waals surface area contributed by atoms with Gasteiger partial charge in [-0.1, -0.05) is 27.5 Å². The standard InChI is InChI=1S/C12H16BrClN2O2S.ClH/c13-8-1-6-12(11(14)7-8)19(17,18)16-10-4-2-9(15)3-5-10;/h1,6-7,9-10,16H,2-5,15H2;1H. The molecule has 0 radical (unpaired) electrons. The zero-order valence-electron chi connectivity index (χ0n) is 10.7. The van der Waals surface area contributed by atoms with Gasteiger partial charge in [0.05, 0.1) is 5.02 Å². The molecule has 1 aliphatic carbocycles. The summed E-state index contributed by atoms with van der Waals surface area (Å²) in [5.74, 6) is 0. The smallest absolute Gasteiger partial charge is 0.242 e. The third-order valence-corrected chi connectivity index (χ3v) is 5.77. The van der Waals surface area contributed by atoms with Gasteiger partial charge in [-0.25, -0.2) is 13.1 Å². The summed E-state index contributed by atoms with van der Waals surface area (Å²) in [5.41, 5.74) is 5.81. The van der Waals surface area contributed by atoms with Crippen LogP contribution in [0.4, 0.5) is 0 Å². The van der Waals surface area contributed by atoms with Crippen molar-refractivity contribution in [2.75, 3.05) is 0 Å². The SMILES string of the molecule is Cl.NC1CCC(NS(=O)(=O)c2ccc(Br)cc2Cl)CC1. The molecule has 0 heterocycles. The quantitative estimate of drug-likeness (QED) is 0.814. The van der Waals surface area contributed by atoms with Crippen molar-refractivity contribution in [2.24, 2.45) is 5.73 Å². The fraction of sp³-hybridized carbons (Fsp3) is 0.500. The van der Waals surface area contributed by atoms with Crippen LogP contribution in [0.3, 0.4) is 0 Å². The lowest BCUT2D eigenvalue weighted by molar-refractivity contribution is 0.373. The molecule has 1 saturated carbocycles. The average Bonchev–Trinajstić information content (AvgIpc) is 2.31. The van der Waals surface area contributed by atoms with Crippen LogP contribution < -0.4 is 10.5 Å². The minimum absolute atomic E-state index is 0. The van der Waals surface area contributed by atoms with Gasteiger partial charge in [0.15, 0.2) is 0 Å². The van der Waals surface area contributed by atoms with Crippen LogP contribution in [-0.2, 0) is 10.0 Å². The van der Waals surface area contributed by atoms with Gasteiger partial charge in [-0.15, -0.1) is 12.4 Å². The Hall–Kier alpha value is 0.150. The molecular formula is C12H17BrCl2N2O2S. The predicted octanol–water partition coefficient (Wildman–Crippen LogP) is 3.07. The first-order valence-electron chi connectivity index (χ1n) is 6.11. The van der Waals surface area contributed by atoms with E-state index in [1.54, 1.807) is 12.1 Å². The number of nitrogens with one attached hydrogen (secondary N) is 1. The van der Waals surface area contributed by atoms with Crippen LogP contribution in [0.15, 0.2) is 27.6 Å². The fourth-order valence-electron chi connectivity index (χ4n) is 2.21. The van der Waals surface area contributed by atoms with Gasteiger partial charge in [0.1, 0.15) is 4.90 Å². The zero-order valence-corrected chi connectivity index (χ0v) is 14.7. The summed E-state index contributed by atoms with van der Waals surface area (Å²) in [4.78, 5) is 0.118. The van der Waals surface area contributed by atoms with Crippen LogP contribution >= 0.6 is 39.9 Å². The molecule has 0 aliphatic heterocycles. The monoisotopic (exact) mass is 402 g/mol. The van der Waals surface area contributed by atoms with Crippen molar-refractivity contribution < 1.29 is 8.42 Å². The van der Waals surface area contributed by atoms with Crippen LogP contribution in [0.1, 0.15) is 25.7 Å². The summed E-state index contributed by atoms with van der Waals surface area (Å²) in [6.07, 6.45) is 3.24. The minimum atomic E-state index is -3.57. The lowest BCUT2D eigenvalue weighted by Gasteiger charge is -2.26. The Labute approximate surface area is 139 Å². The first-order valence-corrected chi connectivity index (χ1v) is 8.77. The molecule has 0 atom stereocenters. The molecule has 0 saturated heterocycles. The number of sulfonamides is 1. The van der Waals surface area contributed by atoms with Crippen LogP contribution in [0.5, 0.6) is 0 Å². The van der Waals surface area contributed by atoms with Gasteiger partial charge in [-0.2, -0.15) is 0 Å². The third-order valence-electron chi connectivity index (χ3n) is 3.28. The van der Waals surface area contributed by atoms with Crippen LogP contribution in [0, 0.1) is 0 Å². The lowest BCUT2D eigenvalue weighted by atomic mass is 9.93. The van der Waals surface area contributed by atoms with Crippen molar-refractivity contribution in [1.29, 1.82) is 0 Å². The Bertz CT molecular complexity index is 561. The second-order valence-corrected chi connectivity index (χ2v) is 7.81. The number of rotatable bonds is 3. The fourth-order valence-corrected chi connectivity index (χ4v) is 4.56. The Kier molecular flexibility index (Phi) is 6.76. The second kappa shape index (κ2) is 7.42. The molecule has 0 spiro atoms. The molecule has 1 aromatic rings. The molecule has 8 heteroatoms. The van der Waals surface area contributed by atoms with E-state index in [9.17, 15) is 8.42 Å². The van der Waals surface area contributed by atoms with Gasteiger partial charge in [0, 0.05) is 16.6 Å². The number of nitrogens with two attached hydrogens (primary N) is 1. The number of halogens is 3.